The van der Waals surface area contributed by atoms with Crippen LogP contribution in [0.2, 0.25) is 15.1 Å². The minimum atomic E-state index is -4.32. The first kappa shape index (κ1) is 34.3. The Labute approximate surface area is 279 Å². The summed E-state index contributed by atoms with van der Waals surface area (Å²) in [7, 11) is -4.32. The van der Waals surface area contributed by atoms with E-state index in [-0.39, 0.29) is 45.5 Å². The molecule has 0 saturated heterocycles. The lowest BCUT2D eigenvalue weighted by Crippen LogP contribution is -2.54. The maximum atomic E-state index is 14.5. The van der Waals surface area contributed by atoms with Gasteiger partial charge in [0.1, 0.15) is 12.6 Å². The van der Waals surface area contributed by atoms with Gasteiger partial charge in [-0.1, -0.05) is 101 Å². The molecular weight excluding hydrogens is 653 g/mol. The molecule has 0 saturated carbocycles. The zero-order valence-corrected chi connectivity index (χ0v) is 28.2. The van der Waals surface area contributed by atoms with Crippen molar-refractivity contribution < 1.29 is 18.0 Å². The fourth-order valence-corrected chi connectivity index (χ4v) is 6.76. The first-order valence-corrected chi connectivity index (χ1v) is 16.9. The van der Waals surface area contributed by atoms with Crippen molar-refractivity contribution in [3.05, 3.63) is 129 Å². The third-order valence-electron chi connectivity index (χ3n) is 7.06. The molecule has 1 N–H and O–H groups in total. The normalized spacial score (nSPS) is 12.1. The van der Waals surface area contributed by atoms with Gasteiger partial charge in [-0.3, -0.25) is 13.9 Å². The van der Waals surface area contributed by atoms with E-state index >= 15 is 0 Å². The lowest BCUT2D eigenvalue weighted by Gasteiger charge is -2.34. The largest absolute Gasteiger partial charge is 0.352 e. The van der Waals surface area contributed by atoms with Gasteiger partial charge >= 0.3 is 0 Å². The molecule has 0 heterocycles. The van der Waals surface area contributed by atoms with Gasteiger partial charge in [0.05, 0.1) is 20.6 Å². The van der Waals surface area contributed by atoms with E-state index in [1.54, 1.807) is 42.5 Å². The van der Waals surface area contributed by atoms with E-state index in [0.29, 0.717) is 10.6 Å². The molecule has 236 valence electrons. The maximum absolute atomic E-state index is 14.5. The van der Waals surface area contributed by atoms with Crippen molar-refractivity contribution >= 4 is 62.3 Å². The summed E-state index contributed by atoms with van der Waals surface area (Å²) >= 11 is 19.0. The SMILES string of the molecule is Cc1ccc(S(=O)(=O)N(CC(=O)N(Cc2ccc(Cl)cc2)[C@H](Cc2ccccc2)C(=O)NC(C)C)c2cccc(Cl)c2Cl)cc1. The summed E-state index contributed by atoms with van der Waals surface area (Å²) in [4.78, 5) is 29.6. The minimum absolute atomic E-state index is 0.0146. The van der Waals surface area contributed by atoms with Crippen LogP contribution in [-0.2, 0) is 32.6 Å². The number of halogens is 3. The summed E-state index contributed by atoms with van der Waals surface area (Å²) in [5, 5.41) is 3.55. The molecule has 0 aromatic heterocycles. The van der Waals surface area contributed by atoms with E-state index in [2.05, 4.69) is 5.32 Å². The van der Waals surface area contributed by atoms with Gasteiger partial charge in [0.15, 0.2) is 0 Å². The molecule has 45 heavy (non-hydrogen) atoms. The second kappa shape index (κ2) is 15.1. The molecule has 0 aliphatic carbocycles. The average Bonchev–Trinajstić information content (AvgIpc) is 3.00. The number of nitrogens with one attached hydrogen (secondary N) is 1. The van der Waals surface area contributed by atoms with E-state index in [1.165, 1.54) is 29.2 Å². The molecule has 0 unspecified atom stereocenters. The molecule has 4 aromatic rings. The predicted molar refractivity (Wildman–Crippen MR) is 181 cm³/mol. The van der Waals surface area contributed by atoms with Crippen molar-refractivity contribution in [2.24, 2.45) is 0 Å². The molecule has 0 radical (unpaired) electrons. The molecule has 4 rings (SSSR count). The number of rotatable bonds is 12. The molecule has 1 atom stereocenters. The lowest BCUT2D eigenvalue weighted by molar-refractivity contribution is -0.140. The summed E-state index contributed by atoms with van der Waals surface area (Å²) in [6.45, 7) is 4.87. The number of anilines is 1. The standard InChI is InChI=1S/C34H34Cl3N3O4S/c1-23(2)38-34(42)31(20-25-8-5-4-6-9-25)39(21-26-14-16-27(35)17-15-26)32(41)22-40(30-11-7-10-29(36)33(30)37)45(43,44)28-18-12-24(3)13-19-28/h4-19,23,31H,20-22H2,1-3H3,(H,38,42)/t31-/m1/s1. The molecule has 4 aromatic carbocycles. The van der Waals surface area contributed by atoms with Gasteiger partial charge in [-0.15, -0.1) is 0 Å². The van der Waals surface area contributed by atoms with Crippen LogP contribution in [0, 0.1) is 6.92 Å². The topological polar surface area (TPSA) is 86.8 Å². The number of hydrogen-bond acceptors (Lipinski definition) is 4. The monoisotopic (exact) mass is 685 g/mol. The highest BCUT2D eigenvalue weighted by molar-refractivity contribution is 7.92. The quantitative estimate of drug-likeness (QED) is 0.169. The Kier molecular flexibility index (Phi) is 11.6. The Morgan fingerprint density at radius 2 is 1.44 bits per heavy atom. The molecule has 11 heteroatoms. The van der Waals surface area contributed by atoms with Crippen LogP contribution < -0.4 is 9.62 Å². The predicted octanol–water partition coefficient (Wildman–Crippen LogP) is 7.32. The second-order valence-corrected chi connectivity index (χ2v) is 14.0. The fraction of sp³-hybridized carbons (Fsp3) is 0.235. The Balaban J connectivity index is 1.83. The van der Waals surface area contributed by atoms with E-state index in [0.717, 1.165) is 15.4 Å². The van der Waals surface area contributed by atoms with Gasteiger partial charge < -0.3 is 10.2 Å². The van der Waals surface area contributed by atoms with Gasteiger partial charge in [-0.2, -0.15) is 0 Å². The van der Waals surface area contributed by atoms with E-state index in [4.69, 9.17) is 34.8 Å². The summed E-state index contributed by atoms with van der Waals surface area (Å²) in [5.41, 5.74) is 2.44. The highest BCUT2D eigenvalue weighted by Gasteiger charge is 2.35. The van der Waals surface area contributed by atoms with E-state index in [1.807, 2.05) is 51.1 Å². The second-order valence-electron chi connectivity index (χ2n) is 10.9. The minimum Gasteiger partial charge on any atom is -0.352 e. The van der Waals surface area contributed by atoms with Gasteiger partial charge in [-0.25, -0.2) is 8.42 Å². The van der Waals surface area contributed by atoms with Crippen LogP contribution in [0.15, 0.2) is 102 Å². The molecule has 2 amide bonds. The number of carbonyl (C=O) groups is 2. The van der Waals surface area contributed by atoms with Crippen molar-refractivity contribution in [3.63, 3.8) is 0 Å². The van der Waals surface area contributed by atoms with Crippen molar-refractivity contribution in [3.8, 4) is 0 Å². The molecule has 0 aliphatic rings. The van der Waals surface area contributed by atoms with Crippen LogP contribution in [0.5, 0.6) is 0 Å². The molecular formula is C34H34Cl3N3O4S. The van der Waals surface area contributed by atoms with Gasteiger partial charge in [0, 0.05) is 24.0 Å². The third kappa shape index (κ3) is 8.79. The average molecular weight is 687 g/mol. The molecule has 0 bridgehead atoms. The Bertz CT molecular complexity index is 1730. The van der Waals surface area contributed by atoms with Gasteiger partial charge in [0.2, 0.25) is 11.8 Å². The third-order valence-corrected chi connectivity index (χ3v) is 9.89. The van der Waals surface area contributed by atoms with E-state index < -0.39 is 28.5 Å². The zero-order chi connectivity index (χ0) is 32.7. The first-order valence-electron chi connectivity index (χ1n) is 14.3. The lowest BCUT2D eigenvalue weighted by atomic mass is 10.0. The first-order chi connectivity index (χ1) is 21.4. The van der Waals surface area contributed by atoms with Crippen LogP contribution in [0.4, 0.5) is 5.69 Å². The van der Waals surface area contributed by atoms with Crippen LogP contribution in [0.25, 0.3) is 0 Å². The van der Waals surface area contributed by atoms with Crippen LogP contribution in [0.3, 0.4) is 0 Å². The molecule has 0 aliphatic heterocycles. The summed E-state index contributed by atoms with van der Waals surface area (Å²) in [5.74, 6) is -0.985. The van der Waals surface area contributed by atoms with Gasteiger partial charge in [0.25, 0.3) is 10.0 Å². The van der Waals surface area contributed by atoms with E-state index in [9.17, 15) is 18.0 Å². The van der Waals surface area contributed by atoms with Crippen molar-refractivity contribution in [1.82, 2.24) is 10.2 Å². The number of hydrogen-bond donors (Lipinski definition) is 1. The summed E-state index contributed by atoms with van der Waals surface area (Å²) in [6, 6.07) is 25.9. The van der Waals surface area contributed by atoms with Crippen LogP contribution >= 0.6 is 34.8 Å². The molecule has 0 fully saturated rings. The number of sulfonamides is 1. The van der Waals surface area contributed by atoms with Crippen LogP contribution in [-0.4, -0.2) is 43.8 Å². The Morgan fingerprint density at radius 3 is 2.07 bits per heavy atom. The van der Waals surface area contributed by atoms with Crippen LogP contribution in [0.1, 0.15) is 30.5 Å². The number of carbonyl (C=O) groups excluding carboxylic acids is 2. The highest BCUT2D eigenvalue weighted by atomic mass is 35.5. The Hall–Kier alpha value is -3.56. The van der Waals surface area contributed by atoms with Crippen molar-refractivity contribution in [2.45, 2.75) is 50.7 Å². The maximum Gasteiger partial charge on any atom is 0.264 e. The summed E-state index contributed by atoms with van der Waals surface area (Å²) in [6.07, 6.45) is 0.196. The molecule has 0 spiro atoms. The smallest absolute Gasteiger partial charge is 0.264 e. The zero-order valence-electron chi connectivity index (χ0n) is 25.1. The number of amides is 2. The number of benzene rings is 4. The number of aryl methyl sites for hydroxylation is 1. The highest BCUT2D eigenvalue weighted by Crippen LogP contribution is 2.35. The number of nitrogens with zero attached hydrogens (tertiary/aromatic N) is 2. The van der Waals surface area contributed by atoms with Crippen molar-refractivity contribution in [2.75, 3.05) is 10.8 Å². The van der Waals surface area contributed by atoms with Crippen molar-refractivity contribution in [1.29, 1.82) is 0 Å². The summed E-state index contributed by atoms with van der Waals surface area (Å²) < 4.78 is 29.3. The Morgan fingerprint density at radius 1 is 0.800 bits per heavy atom. The van der Waals surface area contributed by atoms with Gasteiger partial charge in [-0.05, 0) is 68.3 Å². The fourth-order valence-electron chi connectivity index (χ4n) is 4.76. The molecule has 7 nitrogen and oxygen atoms in total.